The third-order valence-corrected chi connectivity index (χ3v) is 9.02. The zero-order valence-electron chi connectivity index (χ0n) is 26.6. The molecular formula is C45H30N4. The first-order valence-electron chi connectivity index (χ1n) is 16.5. The largest absolute Gasteiger partial charge is 0.309 e. The van der Waals surface area contributed by atoms with Crippen molar-refractivity contribution in [3.63, 3.8) is 0 Å². The predicted octanol–water partition coefficient (Wildman–Crippen LogP) is 11.3. The van der Waals surface area contributed by atoms with E-state index in [1.165, 1.54) is 5.39 Å². The predicted molar refractivity (Wildman–Crippen MR) is 201 cm³/mol. The summed E-state index contributed by atoms with van der Waals surface area (Å²) in [5.74, 6) is 1.90. The molecule has 9 rings (SSSR count). The van der Waals surface area contributed by atoms with Gasteiger partial charge < -0.3 is 4.57 Å². The molecule has 0 N–H and O–H groups in total. The highest BCUT2D eigenvalue weighted by Crippen LogP contribution is 2.36. The summed E-state index contributed by atoms with van der Waals surface area (Å²) in [5, 5.41) is 2.33. The Labute approximate surface area is 284 Å². The summed E-state index contributed by atoms with van der Waals surface area (Å²) in [7, 11) is 0. The van der Waals surface area contributed by atoms with Crippen LogP contribution in [0.15, 0.2) is 182 Å². The lowest BCUT2D eigenvalue weighted by molar-refractivity contribution is 1.07. The van der Waals surface area contributed by atoms with Gasteiger partial charge in [-0.15, -0.1) is 0 Å². The molecule has 9 aromatic rings. The van der Waals surface area contributed by atoms with Crippen LogP contribution in [-0.4, -0.2) is 19.5 Å². The summed E-state index contributed by atoms with van der Waals surface area (Å²) in [6.45, 7) is 0. The fourth-order valence-electron chi connectivity index (χ4n) is 6.67. The van der Waals surface area contributed by atoms with E-state index in [1.807, 2.05) is 30.3 Å². The normalized spacial score (nSPS) is 11.3. The molecule has 2 heterocycles. The first-order valence-corrected chi connectivity index (χ1v) is 16.5. The van der Waals surface area contributed by atoms with Crippen LogP contribution < -0.4 is 0 Å². The maximum absolute atomic E-state index is 5.19. The zero-order valence-corrected chi connectivity index (χ0v) is 26.6. The van der Waals surface area contributed by atoms with E-state index in [-0.39, 0.29) is 0 Å². The van der Waals surface area contributed by atoms with Crippen molar-refractivity contribution >= 4 is 21.8 Å². The van der Waals surface area contributed by atoms with Crippen LogP contribution in [0.5, 0.6) is 0 Å². The molecule has 0 amide bonds. The van der Waals surface area contributed by atoms with E-state index in [0.29, 0.717) is 17.5 Å². The van der Waals surface area contributed by atoms with Crippen LogP contribution in [0.25, 0.3) is 83.9 Å². The summed E-state index contributed by atoms with van der Waals surface area (Å²) >= 11 is 0. The number of benzene rings is 7. The van der Waals surface area contributed by atoms with Crippen LogP contribution in [0.2, 0.25) is 0 Å². The Balaban J connectivity index is 1.26. The van der Waals surface area contributed by atoms with E-state index in [2.05, 4.69) is 156 Å². The average molecular weight is 627 g/mol. The van der Waals surface area contributed by atoms with E-state index >= 15 is 0 Å². The van der Waals surface area contributed by atoms with E-state index in [0.717, 1.165) is 61.1 Å². The Morgan fingerprint density at radius 3 is 1.35 bits per heavy atom. The van der Waals surface area contributed by atoms with Crippen LogP contribution in [0.1, 0.15) is 0 Å². The zero-order chi connectivity index (χ0) is 32.6. The first-order chi connectivity index (χ1) is 24.3. The van der Waals surface area contributed by atoms with Crippen molar-refractivity contribution in [2.45, 2.75) is 0 Å². The van der Waals surface area contributed by atoms with Gasteiger partial charge >= 0.3 is 0 Å². The van der Waals surface area contributed by atoms with Crippen LogP contribution >= 0.6 is 0 Å². The molecule has 49 heavy (non-hydrogen) atoms. The number of rotatable bonds is 6. The molecule has 0 atom stereocenters. The second-order valence-electron chi connectivity index (χ2n) is 12.1. The molecule has 2 aromatic heterocycles. The summed E-state index contributed by atoms with van der Waals surface area (Å²) in [6, 6.07) is 63.3. The van der Waals surface area contributed by atoms with Gasteiger partial charge in [0, 0.05) is 33.2 Å². The average Bonchev–Trinajstić information content (AvgIpc) is 3.52. The highest BCUT2D eigenvalue weighted by molar-refractivity contribution is 6.10. The van der Waals surface area contributed by atoms with Gasteiger partial charge in [-0.25, -0.2) is 15.0 Å². The molecule has 4 nitrogen and oxygen atoms in total. The molecule has 0 spiro atoms. The minimum Gasteiger partial charge on any atom is -0.309 e. The third-order valence-electron chi connectivity index (χ3n) is 9.02. The first kappa shape index (κ1) is 28.6. The summed E-state index contributed by atoms with van der Waals surface area (Å²) in [4.78, 5) is 15.4. The molecule has 0 radical (unpaired) electrons. The molecule has 0 fully saturated rings. The molecule has 4 heteroatoms. The van der Waals surface area contributed by atoms with Gasteiger partial charge in [-0.2, -0.15) is 0 Å². The standard InChI is InChI=1S/C45H30N4/c1-5-15-31(16-6-1)35-27-36(32-17-7-2-8-18-32)29-37(28-35)45-47-43(33-19-9-3-10-20-33)46-44(48-45)34-25-26-42-40(30-34)39-23-13-14-24-41(39)49(42)38-21-11-4-12-22-38/h1-30H. The van der Waals surface area contributed by atoms with Crippen molar-refractivity contribution in [1.29, 1.82) is 0 Å². The quantitative estimate of drug-likeness (QED) is 0.184. The smallest absolute Gasteiger partial charge is 0.164 e. The monoisotopic (exact) mass is 626 g/mol. The molecule has 0 aliphatic rings. The Morgan fingerprint density at radius 2 is 0.735 bits per heavy atom. The third kappa shape index (κ3) is 5.35. The highest BCUT2D eigenvalue weighted by Gasteiger charge is 2.17. The summed E-state index contributed by atoms with van der Waals surface area (Å²) < 4.78 is 2.32. The van der Waals surface area contributed by atoms with E-state index in [4.69, 9.17) is 15.0 Å². The van der Waals surface area contributed by atoms with Gasteiger partial charge in [-0.3, -0.25) is 0 Å². The number of aromatic nitrogens is 4. The lowest BCUT2D eigenvalue weighted by Crippen LogP contribution is -2.00. The van der Waals surface area contributed by atoms with Crippen LogP contribution in [-0.2, 0) is 0 Å². The number of hydrogen-bond acceptors (Lipinski definition) is 3. The van der Waals surface area contributed by atoms with Crippen LogP contribution in [0, 0.1) is 0 Å². The maximum atomic E-state index is 5.19. The minimum atomic E-state index is 0.630. The van der Waals surface area contributed by atoms with Crippen LogP contribution in [0.4, 0.5) is 0 Å². The lowest BCUT2D eigenvalue weighted by atomic mass is 9.96. The fraction of sp³-hybridized carbons (Fsp3) is 0. The van der Waals surface area contributed by atoms with Crippen molar-refractivity contribution in [1.82, 2.24) is 19.5 Å². The molecule has 0 unspecified atom stereocenters. The topological polar surface area (TPSA) is 43.6 Å². The Kier molecular flexibility index (Phi) is 7.10. The maximum Gasteiger partial charge on any atom is 0.164 e. The van der Waals surface area contributed by atoms with Gasteiger partial charge in [0.05, 0.1) is 11.0 Å². The van der Waals surface area contributed by atoms with Gasteiger partial charge in [0.1, 0.15) is 0 Å². The molecule has 0 aliphatic heterocycles. The number of fused-ring (bicyclic) bond motifs is 3. The second-order valence-corrected chi connectivity index (χ2v) is 12.1. The second kappa shape index (κ2) is 12.2. The van der Waals surface area contributed by atoms with Crippen molar-refractivity contribution < 1.29 is 0 Å². The Morgan fingerprint density at radius 1 is 0.286 bits per heavy atom. The van der Waals surface area contributed by atoms with E-state index in [9.17, 15) is 0 Å². The molecular weight excluding hydrogens is 597 g/mol. The minimum absolute atomic E-state index is 0.630. The Hall–Kier alpha value is -6.65. The van der Waals surface area contributed by atoms with Crippen LogP contribution in [0.3, 0.4) is 0 Å². The number of hydrogen-bond donors (Lipinski definition) is 0. The van der Waals surface area contributed by atoms with Crippen molar-refractivity contribution in [3.05, 3.63) is 182 Å². The summed E-state index contributed by atoms with van der Waals surface area (Å²) in [5.41, 5.74) is 10.7. The molecule has 0 aliphatic carbocycles. The molecule has 7 aromatic carbocycles. The summed E-state index contributed by atoms with van der Waals surface area (Å²) in [6.07, 6.45) is 0. The fourth-order valence-corrected chi connectivity index (χ4v) is 6.67. The van der Waals surface area contributed by atoms with Gasteiger partial charge in [0.25, 0.3) is 0 Å². The van der Waals surface area contributed by atoms with Crippen molar-refractivity contribution in [2.24, 2.45) is 0 Å². The highest BCUT2D eigenvalue weighted by atomic mass is 15.0. The molecule has 0 saturated carbocycles. The van der Waals surface area contributed by atoms with Gasteiger partial charge in [-0.1, -0.05) is 127 Å². The van der Waals surface area contributed by atoms with Gasteiger partial charge in [-0.05, 0) is 76.9 Å². The van der Waals surface area contributed by atoms with E-state index < -0.39 is 0 Å². The Bertz CT molecular complexity index is 2520. The van der Waals surface area contributed by atoms with Crippen molar-refractivity contribution in [2.75, 3.05) is 0 Å². The molecule has 230 valence electrons. The number of para-hydroxylation sites is 2. The van der Waals surface area contributed by atoms with E-state index in [1.54, 1.807) is 0 Å². The molecule has 0 bridgehead atoms. The van der Waals surface area contributed by atoms with Gasteiger partial charge in [0.2, 0.25) is 0 Å². The van der Waals surface area contributed by atoms with Crippen molar-refractivity contribution in [3.8, 4) is 62.1 Å². The lowest BCUT2D eigenvalue weighted by Gasteiger charge is -2.12. The molecule has 0 saturated heterocycles. The number of nitrogens with zero attached hydrogens (tertiary/aromatic N) is 4. The van der Waals surface area contributed by atoms with Gasteiger partial charge in [0.15, 0.2) is 17.5 Å². The SMILES string of the molecule is c1ccc(-c2cc(-c3ccccc3)cc(-c3nc(-c4ccccc4)nc(-c4ccc5c(c4)c4ccccc4n5-c4ccccc4)n3)c2)cc1.